The average Bonchev–Trinajstić information content (AvgIpc) is 2.99. The first kappa shape index (κ1) is 16.0. The zero-order chi connectivity index (χ0) is 16.2. The van der Waals surface area contributed by atoms with Crippen molar-refractivity contribution in [2.45, 2.75) is 19.4 Å². The van der Waals surface area contributed by atoms with Crippen molar-refractivity contribution < 1.29 is 9.53 Å². The third-order valence-electron chi connectivity index (χ3n) is 4.64. The summed E-state index contributed by atoms with van der Waals surface area (Å²) in [5.74, 6) is 0.397. The topological polar surface area (TPSA) is 55.6 Å². The molecule has 4 heteroatoms. The number of carbonyl (C=O) groups is 1. The minimum Gasteiger partial charge on any atom is -0.376 e. The molecule has 1 heterocycles. The van der Waals surface area contributed by atoms with Crippen LogP contribution < -0.4 is 5.73 Å². The first-order valence-corrected chi connectivity index (χ1v) is 8.29. The van der Waals surface area contributed by atoms with Crippen LogP contribution in [0.5, 0.6) is 0 Å². The zero-order valence-electron chi connectivity index (χ0n) is 13.6. The highest BCUT2D eigenvalue weighted by atomic mass is 16.5. The highest BCUT2D eigenvalue weighted by Gasteiger charge is 2.34. The van der Waals surface area contributed by atoms with Crippen LogP contribution in [0.15, 0.2) is 42.5 Å². The van der Waals surface area contributed by atoms with Crippen LogP contribution >= 0.6 is 0 Å². The van der Waals surface area contributed by atoms with Crippen molar-refractivity contribution in [3.63, 3.8) is 0 Å². The molecule has 1 amide bonds. The van der Waals surface area contributed by atoms with Gasteiger partial charge in [0.25, 0.3) is 0 Å². The minimum absolute atomic E-state index is 0.0708. The van der Waals surface area contributed by atoms with Gasteiger partial charge in [-0.1, -0.05) is 42.5 Å². The summed E-state index contributed by atoms with van der Waals surface area (Å²) >= 11 is 0. The van der Waals surface area contributed by atoms with E-state index in [2.05, 4.69) is 18.2 Å². The van der Waals surface area contributed by atoms with Crippen LogP contribution in [0.3, 0.4) is 0 Å². The molecule has 0 saturated carbocycles. The number of carbonyl (C=O) groups excluding carboxylic acids is 1. The van der Waals surface area contributed by atoms with E-state index in [4.69, 9.17) is 10.5 Å². The van der Waals surface area contributed by atoms with Crippen LogP contribution in [0.2, 0.25) is 0 Å². The van der Waals surface area contributed by atoms with Gasteiger partial charge in [-0.25, -0.2) is 0 Å². The number of hydrogen-bond acceptors (Lipinski definition) is 3. The lowest BCUT2D eigenvalue weighted by atomic mass is 10.0. The summed E-state index contributed by atoms with van der Waals surface area (Å²) in [4.78, 5) is 14.6. The normalized spacial score (nSPS) is 21.0. The molecule has 122 valence electrons. The summed E-state index contributed by atoms with van der Waals surface area (Å²) in [7, 11) is 0. The summed E-state index contributed by atoms with van der Waals surface area (Å²) in [5.41, 5.74) is 6.91. The second kappa shape index (κ2) is 7.11. The van der Waals surface area contributed by atoms with Crippen molar-refractivity contribution in [1.82, 2.24) is 4.90 Å². The van der Waals surface area contributed by atoms with Gasteiger partial charge in [0, 0.05) is 25.6 Å². The Bertz CT molecular complexity index is 681. The van der Waals surface area contributed by atoms with E-state index in [1.54, 1.807) is 0 Å². The second-order valence-corrected chi connectivity index (χ2v) is 6.10. The van der Waals surface area contributed by atoms with Crippen molar-refractivity contribution in [3.8, 4) is 0 Å². The van der Waals surface area contributed by atoms with Gasteiger partial charge >= 0.3 is 0 Å². The fourth-order valence-corrected chi connectivity index (χ4v) is 3.40. The third kappa shape index (κ3) is 3.38. The number of fused-ring (bicyclic) bond motifs is 1. The first-order valence-electron chi connectivity index (χ1n) is 8.29. The van der Waals surface area contributed by atoms with Crippen LogP contribution in [0, 0.1) is 5.92 Å². The van der Waals surface area contributed by atoms with E-state index in [1.807, 2.05) is 36.1 Å². The SMILES string of the molecule is CCOC1CN(C(=O)Cc2cccc3ccccc23)CC1CN. The van der Waals surface area contributed by atoms with Gasteiger partial charge in [0.1, 0.15) is 0 Å². The summed E-state index contributed by atoms with van der Waals surface area (Å²) in [6.07, 6.45) is 0.499. The van der Waals surface area contributed by atoms with Gasteiger partial charge in [-0.15, -0.1) is 0 Å². The Hall–Kier alpha value is -1.91. The molecule has 0 radical (unpaired) electrons. The molecule has 2 aromatic carbocycles. The molecule has 0 aliphatic carbocycles. The molecule has 23 heavy (non-hydrogen) atoms. The van der Waals surface area contributed by atoms with Crippen LogP contribution in [0.1, 0.15) is 12.5 Å². The molecule has 1 saturated heterocycles. The van der Waals surface area contributed by atoms with Gasteiger partial charge in [0.2, 0.25) is 5.91 Å². The van der Waals surface area contributed by atoms with Gasteiger partial charge in [-0.05, 0) is 29.8 Å². The van der Waals surface area contributed by atoms with Gasteiger partial charge in [-0.3, -0.25) is 4.79 Å². The van der Waals surface area contributed by atoms with Crippen molar-refractivity contribution in [2.75, 3.05) is 26.2 Å². The standard InChI is InChI=1S/C19H24N2O2/c1-2-23-18-13-21(12-16(18)11-20)19(22)10-15-8-5-7-14-6-3-4-9-17(14)15/h3-9,16,18H,2,10-13,20H2,1H3. The molecule has 3 rings (SSSR count). The summed E-state index contributed by atoms with van der Waals surface area (Å²) in [6.45, 7) is 4.55. The number of hydrogen-bond donors (Lipinski definition) is 1. The molecule has 0 aromatic heterocycles. The van der Waals surface area contributed by atoms with E-state index in [0.717, 1.165) is 10.9 Å². The zero-order valence-corrected chi connectivity index (χ0v) is 13.6. The highest BCUT2D eigenvalue weighted by Crippen LogP contribution is 2.23. The Kier molecular flexibility index (Phi) is 4.94. The maximum Gasteiger partial charge on any atom is 0.227 e. The minimum atomic E-state index is 0.0708. The number of likely N-dealkylation sites (tertiary alicyclic amines) is 1. The Morgan fingerprint density at radius 3 is 2.78 bits per heavy atom. The van der Waals surface area contributed by atoms with Crippen LogP contribution in [-0.2, 0) is 16.0 Å². The Balaban J connectivity index is 1.74. The summed E-state index contributed by atoms with van der Waals surface area (Å²) in [5, 5.41) is 2.32. The number of ether oxygens (including phenoxy) is 1. The van der Waals surface area contributed by atoms with Crippen LogP contribution in [0.4, 0.5) is 0 Å². The van der Waals surface area contributed by atoms with Crippen LogP contribution in [-0.4, -0.2) is 43.2 Å². The van der Waals surface area contributed by atoms with Gasteiger partial charge < -0.3 is 15.4 Å². The summed E-state index contributed by atoms with van der Waals surface area (Å²) in [6, 6.07) is 14.3. The maximum absolute atomic E-state index is 12.7. The van der Waals surface area contributed by atoms with Gasteiger partial charge in [-0.2, -0.15) is 0 Å². The van der Waals surface area contributed by atoms with Crippen molar-refractivity contribution >= 4 is 16.7 Å². The maximum atomic E-state index is 12.7. The quantitative estimate of drug-likeness (QED) is 0.921. The predicted molar refractivity (Wildman–Crippen MR) is 92.2 cm³/mol. The summed E-state index contributed by atoms with van der Waals surface area (Å²) < 4.78 is 5.73. The highest BCUT2D eigenvalue weighted by molar-refractivity contribution is 5.90. The molecule has 4 nitrogen and oxygen atoms in total. The fraction of sp³-hybridized carbons (Fsp3) is 0.421. The number of rotatable bonds is 5. The van der Waals surface area contributed by atoms with Crippen molar-refractivity contribution in [3.05, 3.63) is 48.0 Å². The average molecular weight is 312 g/mol. The second-order valence-electron chi connectivity index (χ2n) is 6.10. The molecular formula is C19H24N2O2. The third-order valence-corrected chi connectivity index (χ3v) is 4.64. The first-order chi connectivity index (χ1) is 11.2. The lowest BCUT2D eigenvalue weighted by Crippen LogP contribution is -2.31. The fourth-order valence-electron chi connectivity index (χ4n) is 3.40. The van der Waals surface area contributed by atoms with E-state index in [9.17, 15) is 4.79 Å². The molecule has 2 aromatic rings. The number of benzene rings is 2. The molecule has 2 atom stereocenters. The molecule has 2 N–H and O–H groups in total. The molecule has 1 fully saturated rings. The van der Waals surface area contributed by atoms with Crippen molar-refractivity contribution in [2.24, 2.45) is 11.7 Å². The number of nitrogens with two attached hydrogens (primary N) is 1. The van der Waals surface area contributed by atoms with E-state index in [-0.39, 0.29) is 17.9 Å². The number of nitrogens with zero attached hydrogens (tertiary/aromatic N) is 1. The van der Waals surface area contributed by atoms with Gasteiger partial charge in [0.15, 0.2) is 0 Å². The van der Waals surface area contributed by atoms with Crippen LogP contribution in [0.25, 0.3) is 10.8 Å². The van der Waals surface area contributed by atoms with E-state index < -0.39 is 0 Å². The van der Waals surface area contributed by atoms with E-state index in [1.165, 1.54) is 5.39 Å². The smallest absolute Gasteiger partial charge is 0.227 e. The molecule has 1 aliphatic rings. The predicted octanol–water partition coefficient (Wildman–Crippen LogP) is 2.20. The molecule has 0 bridgehead atoms. The molecule has 1 aliphatic heterocycles. The van der Waals surface area contributed by atoms with E-state index >= 15 is 0 Å². The molecular weight excluding hydrogens is 288 g/mol. The largest absolute Gasteiger partial charge is 0.376 e. The van der Waals surface area contributed by atoms with E-state index in [0.29, 0.717) is 32.7 Å². The lowest BCUT2D eigenvalue weighted by molar-refractivity contribution is -0.129. The monoisotopic (exact) mass is 312 g/mol. The Morgan fingerprint density at radius 2 is 2.00 bits per heavy atom. The molecule has 2 unspecified atom stereocenters. The Labute approximate surface area is 137 Å². The lowest BCUT2D eigenvalue weighted by Gasteiger charge is -2.17. The van der Waals surface area contributed by atoms with Crippen molar-refractivity contribution in [1.29, 1.82) is 0 Å². The molecule has 0 spiro atoms. The van der Waals surface area contributed by atoms with Gasteiger partial charge in [0.05, 0.1) is 12.5 Å². The number of amides is 1. The Morgan fingerprint density at radius 1 is 1.22 bits per heavy atom.